The third kappa shape index (κ3) is 3.78. The Labute approximate surface area is 142 Å². The molecule has 126 valence electrons. The first kappa shape index (κ1) is 16.6. The zero-order chi connectivity index (χ0) is 16.8. The molecule has 0 saturated carbocycles. The lowest BCUT2D eigenvalue weighted by molar-refractivity contribution is 0.0433. The predicted molar refractivity (Wildman–Crippen MR) is 95.8 cm³/mol. The van der Waals surface area contributed by atoms with Gasteiger partial charge in [-0.1, -0.05) is 42.5 Å². The zero-order valence-corrected chi connectivity index (χ0v) is 13.9. The minimum Gasteiger partial charge on any atom is -0.507 e. The van der Waals surface area contributed by atoms with Gasteiger partial charge in [0, 0.05) is 25.2 Å². The second kappa shape index (κ2) is 7.99. The molecule has 2 aromatic carbocycles. The average molecular weight is 325 g/mol. The van der Waals surface area contributed by atoms with Gasteiger partial charge < -0.3 is 14.6 Å². The van der Waals surface area contributed by atoms with Crippen LogP contribution in [0.5, 0.6) is 5.75 Å². The van der Waals surface area contributed by atoms with Crippen LogP contribution in [-0.4, -0.2) is 50.0 Å². The lowest BCUT2D eigenvalue weighted by Crippen LogP contribution is -2.36. The fraction of sp³-hybridized carbons (Fsp3) is 0.300. The van der Waals surface area contributed by atoms with Crippen LogP contribution in [0.25, 0.3) is 16.9 Å². The van der Waals surface area contributed by atoms with E-state index < -0.39 is 0 Å². The minimum absolute atomic E-state index is 0.249. The molecule has 3 rings (SSSR count). The van der Waals surface area contributed by atoms with Gasteiger partial charge in [0.15, 0.2) is 0 Å². The molecule has 4 nitrogen and oxygen atoms in total. The summed E-state index contributed by atoms with van der Waals surface area (Å²) in [5.74, 6) is 0.940. The number of rotatable bonds is 5. The SMILES string of the molecule is CO/C(=C/CN1CCOCC1)c1cccc(-c2ccccc2)c1O. The summed E-state index contributed by atoms with van der Waals surface area (Å²) in [7, 11) is 1.64. The van der Waals surface area contributed by atoms with Gasteiger partial charge in [0.05, 0.1) is 25.9 Å². The highest BCUT2D eigenvalue weighted by molar-refractivity contribution is 5.78. The largest absolute Gasteiger partial charge is 0.507 e. The van der Waals surface area contributed by atoms with E-state index in [9.17, 15) is 5.11 Å². The van der Waals surface area contributed by atoms with Crippen molar-refractivity contribution in [2.24, 2.45) is 0 Å². The highest BCUT2D eigenvalue weighted by Crippen LogP contribution is 2.35. The first-order valence-electron chi connectivity index (χ1n) is 8.21. The maximum atomic E-state index is 10.7. The van der Waals surface area contributed by atoms with Crippen LogP contribution >= 0.6 is 0 Å². The number of aromatic hydroxyl groups is 1. The summed E-state index contributed by atoms with van der Waals surface area (Å²) in [5, 5.41) is 10.7. The van der Waals surface area contributed by atoms with E-state index in [1.807, 2.05) is 54.6 Å². The van der Waals surface area contributed by atoms with Crippen molar-refractivity contribution in [3.05, 3.63) is 60.2 Å². The Morgan fingerprint density at radius 3 is 2.58 bits per heavy atom. The lowest BCUT2D eigenvalue weighted by atomic mass is 10.0. The standard InChI is InChI=1S/C20H23NO3/c1-23-19(10-11-21-12-14-24-15-13-21)18-9-5-8-17(20(18)22)16-6-3-2-4-7-16/h2-10,22H,11-15H2,1H3/b19-10+. The molecule has 1 aliphatic heterocycles. The van der Waals surface area contributed by atoms with E-state index in [-0.39, 0.29) is 5.75 Å². The summed E-state index contributed by atoms with van der Waals surface area (Å²) >= 11 is 0. The van der Waals surface area contributed by atoms with E-state index in [1.165, 1.54) is 0 Å². The molecule has 1 fully saturated rings. The molecule has 0 bridgehead atoms. The molecule has 1 aliphatic rings. The van der Waals surface area contributed by atoms with Crippen molar-refractivity contribution in [1.29, 1.82) is 0 Å². The number of hydrogen-bond acceptors (Lipinski definition) is 4. The number of benzene rings is 2. The van der Waals surface area contributed by atoms with E-state index >= 15 is 0 Å². The highest BCUT2D eigenvalue weighted by Gasteiger charge is 2.14. The number of nitrogens with zero attached hydrogens (tertiary/aromatic N) is 1. The normalized spacial score (nSPS) is 16.1. The van der Waals surface area contributed by atoms with Gasteiger partial charge in [-0.25, -0.2) is 0 Å². The van der Waals surface area contributed by atoms with Crippen molar-refractivity contribution in [3.8, 4) is 16.9 Å². The Hall–Kier alpha value is -2.30. The molecule has 1 heterocycles. The van der Waals surface area contributed by atoms with E-state index in [2.05, 4.69) is 4.90 Å². The summed E-state index contributed by atoms with van der Waals surface area (Å²) in [4.78, 5) is 2.31. The van der Waals surface area contributed by atoms with Gasteiger partial charge in [0.2, 0.25) is 0 Å². The van der Waals surface area contributed by atoms with Gasteiger partial charge in [0.25, 0.3) is 0 Å². The Morgan fingerprint density at radius 2 is 1.88 bits per heavy atom. The van der Waals surface area contributed by atoms with Crippen LogP contribution in [0.1, 0.15) is 5.56 Å². The van der Waals surface area contributed by atoms with Crippen LogP contribution in [0.2, 0.25) is 0 Å². The van der Waals surface area contributed by atoms with Crippen molar-refractivity contribution >= 4 is 5.76 Å². The average Bonchev–Trinajstić information content (AvgIpc) is 2.65. The second-order valence-corrected chi connectivity index (χ2v) is 5.75. The molecule has 24 heavy (non-hydrogen) atoms. The first-order valence-corrected chi connectivity index (χ1v) is 8.21. The van der Waals surface area contributed by atoms with Gasteiger partial charge in [-0.2, -0.15) is 0 Å². The fourth-order valence-electron chi connectivity index (χ4n) is 2.89. The van der Waals surface area contributed by atoms with Crippen LogP contribution in [-0.2, 0) is 9.47 Å². The molecule has 1 N–H and O–H groups in total. The first-order chi connectivity index (χ1) is 11.8. The molecule has 0 aromatic heterocycles. The number of ether oxygens (including phenoxy) is 2. The number of hydrogen-bond donors (Lipinski definition) is 1. The molecule has 0 amide bonds. The molecular weight excluding hydrogens is 302 g/mol. The number of phenols is 1. The third-order valence-corrected chi connectivity index (χ3v) is 4.24. The van der Waals surface area contributed by atoms with Crippen molar-refractivity contribution in [2.45, 2.75) is 0 Å². The van der Waals surface area contributed by atoms with Crippen LogP contribution in [0.15, 0.2) is 54.6 Å². The summed E-state index contributed by atoms with van der Waals surface area (Å²) in [5.41, 5.74) is 2.51. The van der Waals surface area contributed by atoms with Gasteiger partial charge >= 0.3 is 0 Å². The van der Waals surface area contributed by atoms with Gasteiger partial charge in [-0.3, -0.25) is 4.90 Å². The minimum atomic E-state index is 0.249. The highest BCUT2D eigenvalue weighted by atomic mass is 16.5. The van der Waals surface area contributed by atoms with Crippen molar-refractivity contribution in [1.82, 2.24) is 4.90 Å². The maximum Gasteiger partial charge on any atom is 0.134 e. The van der Waals surface area contributed by atoms with Gasteiger partial charge in [-0.15, -0.1) is 0 Å². The van der Waals surface area contributed by atoms with Crippen LogP contribution in [0.4, 0.5) is 0 Å². The molecule has 0 aliphatic carbocycles. The summed E-state index contributed by atoms with van der Waals surface area (Å²) in [6.45, 7) is 4.16. The number of phenolic OH excluding ortho intramolecular Hbond substituents is 1. The van der Waals surface area contributed by atoms with Crippen molar-refractivity contribution in [3.63, 3.8) is 0 Å². The maximum absolute atomic E-state index is 10.7. The zero-order valence-electron chi connectivity index (χ0n) is 13.9. The van der Waals surface area contributed by atoms with E-state index in [0.717, 1.165) is 44.0 Å². The van der Waals surface area contributed by atoms with Gasteiger partial charge in [-0.05, 0) is 17.7 Å². The molecule has 4 heteroatoms. The molecular formula is C20H23NO3. The molecule has 1 saturated heterocycles. The smallest absolute Gasteiger partial charge is 0.134 e. The fourth-order valence-corrected chi connectivity index (χ4v) is 2.89. The lowest BCUT2D eigenvalue weighted by Gasteiger charge is -2.25. The number of para-hydroxylation sites is 1. The molecule has 0 atom stereocenters. The summed E-state index contributed by atoms with van der Waals surface area (Å²) < 4.78 is 10.9. The van der Waals surface area contributed by atoms with Crippen LogP contribution in [0, 0.1) is 0 Å². The van der Waals surface area contributed by atoms with Crippen molar-refractivity contribution in [2.75, 3.05) is 40.0 Å². The number of morpholine rings is 1. The van der Waals surface area contributed by atoms with Crippen LogP contribution in [0.3, 0.4) is 0 Å². The Bertz CT molecular complexity index is 691. The Morgan fingerprint density at radius 1 is 1.12 bits per heavy atom. The predicted octanol–water partition coefficient (Wildman–Crippen LogP) is 3.38. The monoisotopic (exact) mass is 325 g/mol. The third-order valence-electron chi connectivity index (χ3n) is 4.24. The van der Waals surface area contributed by atoms with Crippen molar-refractivity contribution < 1.29 is 14.6 Å². The number of methoxy groups -OCH3 is 1. The van der Waals surface area contributed by atoms with E-state index in [0.29, 0.717) is 11.3 Å². The van der Waals surface area contributed by atoms with E-state index in [1.54, 1.807) is 7.11 Å². The summed E-state index contributed by atoms with van der Waals surface area (Å²) in [6.07, 6.45) is 2.02. The molecule has 0 radical (unpaired) electrons. The second-order valence-electron chi connectivity index (χ2n) is 5.75. The Kier molecular flexibility index (Phi) is 5.51. The summed E-state index contributed by atoms with van der Waals surface area (Å²) in [6, 6.07) is 15.6. The molecule has 2 aromatic rings. The topological polar surface area (TPSA) is 41.9 Å². The Balaban J connectivity index is 1.86. The van der Waals surface area contributed by atoms with Gasteiger partial charge in [0.1, 0.15) is 11.5 Å². The van der Waals surface area contributed by atoms with E-state index in [4.69, 9.17) is 9.47 Å². The molecule has 0 unspecified atom stereocenters. The van der Waals surface area contributed by atoms with Crippen LogP contribution < -0.4 is 0 Å². The quantitative estimate of drug-likeness (QED) is 0.856. The molecule has 0 spiro atoms.